The first kappa shape index (κ1) is 15.5. The van der Waals surface area contributed by atoms with Crippen LogP contribution in [0.3, 0.4) is 0 Å². The lowest BCUT2D eigenvalue weighted by atomic mass is 10.2. The molecule has 1 aromatic heterocycles. The third kappa shape index (κ3) is 4.09. The number of hydrogen-bond donors (Lipinski definition) is 1. The quantitative estimate of drug-likeness (QED) is 0.853. The normalized spacial score (nSPS) is 13.8. The first-order valence-corrected chi connectivity index (χ1v) is 8.00. The number of carbonyl (C=O) groups excluding carboxylic acids is 1. The Hall–Kier alpha value is -2.37. The van der Waals surface area contributed by atoms with E-state index in [-0.39, 0.29) is 5.91 Å². The minimum absolute atomic E-state index is 0.0112. The van der Waals surface area contributed by atoms with Crippen molar-refractivity contribution in [3.05, 3.63) is 35.7 Å². The Balaban J connectivity index is 1.44. The van der Waals surface area contributed by atoms with Crippen molar-refractivity contribution in [2.75, 3.05) is 12.4 Å². The first-order chi connectivity index (χ1) is 11.2. The number of methoxy groups -OCH3 is 1. The van der Waals surface area contributed by atoms with Gasteiger partial charge in [0.05, 0.1) is 12.8 Å². The summed E-state index contributed by atoms with van der Waals surface area (Å²) < 4.78 is 7.05. The molecule has 1 N–H and O–H groups in total. The van der Waals surface area contributed by atoms with E-state index in [4.69, 9.17) is 4.74 Å². The van der Waals surface area contributed by atoms with Crippen LogP contribution in [0.5, 0.6) is 5.75 Å². The largest absolute Gasteiger partial charge is 0.496 e. The van der Waals surface area contributed by atoms with Crippen LogP contribution in [-0.4, -0.2) is 28.0 Å². The van der Waals surface area contributed by atoms with Crippen LogP contribution in [-0.2, 0) is 11.3 Å². The fraction of sp³-hybridized carbons (Fsp3) is 0.471. The second-order valence-corrected chi connectivity index (χ2v) is 6.02. The number of aryl methyl sites for hydroxylation is 2. The van der Waals surface area contributed by atoms with Gasteiger partial charge in [-0.1, -0.05) is 5.21 Å². The van der Waals surface area contributed by atoms with E-state index in [9.17, 15) is 4.79 Å². The minimum atomic E-state index is 0.0112. The van der Waals surface area contributed by atoms with Gasteiger partial charge in [-0.15, -0.1) is 5.10 Å². The predicted molar refractivity (Wildman–Crippen MR) is 87.6 cm³/mol. The SMILES string of the molecule is COc1ccc(NC(=O)CCCn2cc(C3CC3)nn2)cc1C. The molecule has 0 bridgehead atoms. The molecule has 0 unspecified atom stereocenters. The highest BCUT2D eigenvalue weighted by atomic mass is 16.5. The third-order valence-corrected chi connectivity index (χ3v) is 4.02. The highest BCUT2D eigenvalue weighted by molar-refractivity contribution is 5.90. The van der Waals surface area contributed by atoms with Crippen LogP contribution >= 0.6 is 0 Å². The number of anilines is 1. The van der Waals surface area contributed by atoms with Gasteiger partial charge in [-0.25, -0.2) is 0 Å². The van der Waals surface area contributed by atoms with E-state index in [1.807, 2.05) is 36.0 Å². The van der Waals surface area contributed by atoms with Gasteiger partial charge >= 0.3 is 0 Å². The Kier molecular flexibility index (Phi) is 4.60. The van der Waals surface area contributed by atoms with Crippen LogP contribution in [0.15, 0.2) is 24.4 Å². The topological polar surface area (TPSA) is 69.0 Å². The number of benzene rings is 1. The van der Waals surface area contributed by atoms with Gasteiger partial charge < -0.3 is 10.1 Å². The van der Waals surface area contributed by atoms with Gasteiger partial charge in [-0.05, 0) is 49.9 Å². The van der Waals surface area contributed by atoms with Crippen LogP contribution in [0.1, 0.15) is 42.9 Å². The lowest BCUT2D eigenvalue weighted by molar-refractivity contribution is -0.116. The highest BCUT2D eigenvalue weighted by Gasteiger charge is 2.26. The zero-order valence-corrected chi connectivity index (χ0v) is 13.6. The zero-order chi connectivity index (χ0) is 16.2. The Labute approximate surface area is 135 Å². The fourth-order valence-electron chi connectivity index (χ4n) is 2.57. The van der Waals surface area contributed by atoms with Gasteiger partial charge in [-0.3, -0.25) is 9.48 Å². The Morgan fingerprint density at radius 1 is 1.43 bits per heavy atom. The molecule has 2 aromatic rings. The molecule has 0 atom stereocenters. The van der Waals surface area contributed by atoms with Crippen molar-refractivity contribution >= 4 is 11.6 Å². The molecule has 0 spiro atoms. The van der Waals surface area contributed by atoms with E-state index in [1.165, 1.54) is 12.8 Å². The third-order valence-electron chi connectivity index (χ3n) is 4.02. The second kappa shape index (κ2) is 6.81. The molecular weight excluding hydrogens is 292 g/mol. The molecule has 1 heterocycles. The number of nitrogens with one attached hydrogen (secondary N) is 1. The summed E-state index contributed by atoms with van der Waals surface area (Å²) in [6, 6.07) is 5.62. The van der Waals surface area contributed by atoms with Crippen molar-refractivity contribution in [2.45, 2.75) is 45.1 Å². The van der Waals surface area contributed by atoms with E-state index in [0.29, 0.717) is 12.3 Å². The first-order valence-electron chi connectivity index (χ1n) is 8.00. The summed E-state index contributed by atoms with van der Waals surface area (Å²) in [5.74, 6) is 1.45. The van der Waals surface area contributed by atoms with Crippen molar-refractivity contribution < 1.29 is 9.53 Å². The molecule has 1 saturated carbocycles. The van der Waals surface area contributed by atoms with Crippen molar-refractivity contribution in [3.8, 4) is 5.75 Å². The zero-order valence-electron chi connectivity index (χ0n) is 13.6. The number of nitrogens with zero attached hydrogens (tertiary/aromatic N) is 3. The molecule has 6 nitrogen and oxygen atoms in total. The van der Waals surface area contributed by atoms with E-state index in [0.717, 1.165) is 35.7 Å². The molecule has 0 saturated heterocycles. The number of rotatable bonds is 7. The van der Waals surface area contributed by atoms with Crippen molar-refractivity contribution in [3.63, 3.8) is 0 Å². The molecule has 1 fully saturated rings. The fourth-order valence-corrected chi connectivity index (χ4v) is 2.57. The van der Waals surface area contributed by atoms with Gasteiger partial charge in [-0.2, -0.15) is 0 Å². The summed E-state index contributed by atoms with van der Waals surface area (Å²) in [6.45, 7) is 2.67. The molecule has 6 heteroatoms. The van der Waals surface area contributed by atoms with E-state index in [1.54, 1.807) is 7.11 Å². The second-order valence-electron chi connectivity index (χ2n) is 6.02. The van der Waals surface area contributed by atoms with Gasteiger partial charge in [0, 0.05) is 30.8 Å². The summed E-state index contributed by atoms with van der Waals surface area (Å²) in [5.41, 5.74) is 2.88. The molecule has 0 aliphatic heterocycles. The predicted octanol–water partition coefficient (Wildman–Crippen LogP) is 2.89. The van der Waals surface area contributed by atoms with Gasteiger partial charge in [0.25, 0.3) is 0 Å². The average Bonchev–Trinajstić information content (AvgIpc) is 3.27. The van der Waals surface area contributed by atoms with Crippen molar-refractivity contribution in [2.24, 2.45) is 0 Å². The lowest BCUT2D eigenvalue weighted by Gasteiger charge is -2.09. The van der Waals surface area contributed by atoms with Crippen LogP contribution in [0, 0.1) is 6.92 Å². The molecule has 3 rings (SSSR count). The number of ether oxygens (including phenoxy) is 1. The molecule has 23 heavy (non-hydrogen) atoms. The van der Waals surface area contributed by atoms with Crippen LogP contribution < -0.4 is 10.1 Å². The average molecular weight is 314 g/mol. The van der Waals surface area contributed by atoms with Crippen LogP contribution in [0.25, 0.3) is 0 Å². The number of hydrogen-bond acceptors (Lipinski definition) is 4. The number of aromatic nitrogens is 3. The summed E-state index contributed by atoms with van der Waals surface area (Å²) in [4.78, 5) is 12.0. The van der Waals surface area contributed by atoms with E-state index < -0.39 is 0 Å². The van der Waals surface area contributed by atoms with Gasteiger partial charge in [0.2, 0.25) is 5.91 Å². The maximum Gasteiger partial charge on any atom is 0.224 e. The summed E-state index contributed by atoms with van der Waals surface area (Å²) >= 11 is 0. The smallest absolute Gasteiger partial charge is 0.224 e. The van der Waals surface area contributed by atoms with Crippen molar-refractivity contribution in [1.29, 1.82) is 0 Å². The molecule has 122 valence electrons. The standard InChI is InChI=1S/C17H22N4O2/c1-12-10-14(7-8-16(12)23-2)18-17(22)4-3-9-21-11-15(19-20-21)13-5-6-13/h7-8,10-11,13H,3-6,9H2,1-2H3,(H,18,22). The molecule has 1 aliphatic rings. The minimum Gasteiger partial charge on any atom is -0.496 e. The van der Waals surface area contributed by atoms with E-state index >= 15 is 0 Å². The van der Waals surface area contributed by atoms with Crippen molar-refractivity contribution in [1.82, 2.24) is 15.0 Å². The maximum absolute atomic E-state index is 12.0. The monoisotopic (exact) mass is 314 g/mol. The Morgan fingerprint density at radius 3 is 2.96 bits per heavy atom. The number of carbonyl (C=O) groups is 1. The summed E-state index contributed by atoms with van der Waals surface area (Å²) in [6.07, 6.45) is 5.66. The van der Waals surface area contributed by atoms with Gasteiger partial charge in [0.1, 0.15) is 5.75 Å². The maximum atomic E-state index is 12.0. The molecule has 1 amide bonds. The highest BCUT2D eigenvalue weighted by Crippen LogP contribution is 2.38. The molecule has 1 aromatic carbocycles. The van der Waals surface area contributed by atoms with Crippen LogP contribution in [0.2, 0.25) is 0 Å². The number of amides is 1. The summed E-state index contributed by atoms with van der Waals surface area (Å²) in [5, 5.41) is 11.2. The van der Waals surface area contributed by atoms with Gasteiger partial charge in [0.15, 0.2) is 0 Å². The van der Waals surface area contributed by atoms with Crippen LogP contribution in [0.4, 0.5) is 5.69 Å². The van der Waals surface area contributed by atoms with E-state index in [2.05, 4.69) is 15.6 Å². The Morgan fingerprint density at radius 2 is 2.26 bits per heavy atom. The summed E-state index contributed by atoms with van der Waals surface area (Å²) in [7, 11) is 1.64. The lowest BCUT2D eigenvalue weighted by Crippen LogP contribution is -2.12. The molecular formula is C17H22N4O2. The molecule has 1 aliphatic carbocycles. The molecule has 0 radical (unpaired) electrons. The Bertz CT molecular complexity index is 692.